The fraction of sp³-hybridized carbons (Fsp3) is 0.235. The van der Waals surface area contributed by atoms with Gasteiger partial charge in [0.25, 0.3) is 5.91 Å². The summed E-state index contributed by atoms with van der Waals surface area (Å²) in [7, 11) is -4.58. The average molecular weight is 419 g/mol. The van der Waals surface area contributed by atoms with Gasteiger partial charge in [-0.3, -0.25) is 9.52 Å². The van der Waals surface area contributed by atoms with E-state index in [0.717, 1.165) is 17.8 Å². The van der Waals surface area contributed by atoms with Crippen LogP contribution in [-0.2, 0) is 10.3 Å². The predicted molar refractivity (Wildman–Crippen MR) is 94.2 cm³/mol. The van der Waals surface area contributed by atoms with E-state index >= 15 is 0 Å². The van der Waals surface area contributed by atoms with Crippen molar-refractivity contribution in [2.75, 3.05) is 35.8 Å². The molecule has 0 atom stereocenters. The van der Waals surface area contributed by atoms with E-state index in [-0.39, 0.29) is 48.3 Å². The number of benzene rings is 2. The van der Waals surface area contributed by atoms with Crippen LogP contribution in [0.4, 0.5) is 20.2 Å². The number of hydrogen-bond donors (Lipinski definition) is 1. The fourth-order valence-electron chi connectivity index (χ4n) is 2.91. The number of halogens is 2. The molecule has 0 bridgehead atoms. The van der Waals surface area contributed by atoms with Crippen molar-refractivity contribution in [3.8, 4) is 0 Å². The third kappa shape index (κ3) is 5.42. The number of nitrogens with zero attached hydrogens (tertiary/aromatic N) is 2. The Bertz CT molecular complexity index is 929. The van der Waals surface area contributed by atoms with Crippen molar-refractivity contribution in [1.82, 2.24) is 4.90 Å². The molecule has 2 aromatic rings. The molecule has 0 aliphatic carbocycles. The maximum absolute atomic E-state index is 13.8. The minimum atomic E-state index is -4.58. The molecule has 0 radical (unpaired) electrons. The SMILES string of the molecule is O=C(c1c(F)cccc1F)N1CCN(c2ccc(NS(=O)(=O)[O-])cc2)CC1.[Na+]. The smallest absolute Gasteiger partial charge is 0.731 e. The van der Waals surface area contributed by atoms with E-state index in [0.29, 0.717) is 13.1 Å². The molecule has 2 aromatic carbocycles. The second kappa shape index (κ2) is 9.19. The molecule has 1 N–H and O–H groups in total. The van der Waals surface area contributed by atoms with Gasteiger partial charge in [0.1, 0.15) is 17.2 Å². The Morgan fingerprint density at radius 3 is 2.00 bits per heavy atom. The summed E-state index contributed by atoms with van der Waals surface area (Å²) in [5, 5.41) is 0. The van der Waals surface area contributed by atoms with Gasteiger partial charge in [0.2, 0.25) is 0 Å². The molecule has 0 unspecified atom stereocenters. The number of piperazine rings is 1. The maximum atomic E-state index is 13.8. The van der Waals surface area contributed by atoms with Crippen molar-refractivity contribution >= 4 is 27.6 Å². The zero-order valence-electron chi connectivity index (χ0n) is 15.1. The van der Waals surface area contributed by atoms with Crippen LogP contribution in [0, 0.1) is 11.6 Å². The molecule has 1 fully saturated rings. The van der Waals surface area contributed by atoms with Gasteiger partial charge in [0.15, 0.2) is 10.3 Å². The summed E-state index contributed by atoms with van der Waals surface area (Å²) in [6.45, 7) is 1.44. The summed E-state index contributed by atoms with van der Waals surface area (Å²) in [6, 6.07) is 9.49. The van der Waals surface area contributed by atoms with E-state index in [1.807, 2.05) is 9.62 Å². The molecule has 0 aromatic heterocycles. The number of hydrogen-bond acceptors (Lipinski definition) is 5. The van der Waals surface area contributed by atoms with Crippen LogP contribution >= 0.6 is 0 Å². The molecular formula is C17H16F2N3NaO4S. The van der Waals surface area contributed by atoms with E-state index in [9.17, 15) is 26.5 Å². The Morgan fingerprint density at radius 2 is 1.50 bits per heavy atom. The monoisotopic (exact) mass is 419 g/mol. The predicted octanol–water partition coefficient (Wildman–Crippen LogP) is -1.20. The summed E-state index contributed by atoms with van der Waals surface area (Å²) >= 11 is 0. The molecule has 0 spiro atoms. The number of carbonyl (C=O) groups excluding carboxylic acids is 1. The van der Waals surface area contributed by atoms with Gasteiger partial charge < -0.3 is 14.4 Å². The van der Waals surface area contributed by atoms with E-state index in [2.05, 4.69) is 0 Å². The van der Waals surface area contributed by atoms with Gasteiger partial charge in [-0.05, 0) is 36.4 Å². The summed E-state index contributed by atoms with van der Waals surface area (Å²) in [6.07, 6.45) is 0. The molecule has 7 nitrogen and oxygen atoms in total. The Morgan fingerprint density at radius 1 is 0.964 bits per heavy atom. The first kappa shape index (κ1) is 22.6. The Labute approximate surface area is 183 Å². The number of amides is 1. The van der Waals surface area contributed by atoms with Gasteiger partial charge in [0, 0.05) is 37.6 Å². The second-order valence-corrected chi connectivity index (χ2v) is 7.09. The van der Waals surface area contributed by atoms with Gasteiger partial charge in [-0.25, -0.2) is 17.2 Å². The number of rotatable bonds is 4. The first-order chi connectivity index (χ1) is 12.7. The molecular weight excluding hydrogens is 403 g/mol. The van der Waals surface area contributed by atoms with Crippen LogP contribution in [-0.4, -0.2) is 50.0 Å². The summed E-state index contributed by atoms with van der Waals surface area (Å²) in [5.74, 6) is -2.47. The normalized spacial score (nSPS) is 14.4. The van der Waals surface area contributed by atoms with Crippen LogP contribution in [0.15, 0.2) is 42.5 Å². The fourth-order valence-corrected chi connectivity index (χ4v) is 3.34. The molecule has 1 amide bonds. The molecule has 11 heteroatoms. The molecule has 1 aliphatic rings. The molecule has 144 valence electrons. The summed E-state index contributed by atoms with van der Waals surface area (Å²) < 4.78 is 61.5. The Hall–Kier alpha value is -1.72. The van der Waals surface area contributed by atoms with Crippen molar-refractivity contribution in [1.29, 1.82) is 0 Å². The maximum Gasteiger partial charge on any atom is 1.00 e. The number of anilines is 2. The van der Waals surface area contributed by atoms with Gasteiger partial charge in [0.05, 0.1) is 0 Å². The van der Waals surface area contributed by atoms with Crippen LogP contribution in [0.25, 0.3) is 0 Å². The number of nitrogens with one attached hydrogen (secondary N) is 1. The zero-order valence-corrected chi connectivity index (χ0v) is 17.9. The Kier molecular flexibility index (Phi) is 7.40. The molecule has 1 saturated heterocycles. The minimum Gasteiger partial charge on any atom is -0.731 e. The van der Waals surface area contributed by atoms with Gasteiger partial charge >= 0.3 is 29.6 Å². The number of carbonyl (C=O) groups is 1. The van der Waals surface area contributed by atoms with Gasteiger partial charge in [-0.15, -0.1) is 0 Å². The standard InChI is InChI=1S/C17H17F2N3O4S.Na/c18-14-2-1-3-15(19)16(14)17(23)22-10-8-21(9-11-22)13-6-4-12(5-7-13)20-27(24,25)26;/h1-7,20H,8-11H2,(H,24,25,26);/q;+1/p-1. The first-order valence-corrected chi connectivity index (χ1v) is 9.47. The van der Waals surface area contributed by atoms with Crippen LogP contribution in [0.5, 0.6) is 0 Å². The minimum absolute atomic E-state index is 0. The van der Waals surface area contributed by atoms with Crippen LogP contribution < -0.4 is 39.2 Å². The average Bonchev–Trinajstić information content (AvgIpc) is 2.61. The van der Waals surface area contributed by atoms with Gasteiger partial charge in [-0.2, -0.15) is 0 Å². The summed E-state index contributed by atoms with van der Waals surface area (Å²) in [5.41, 5.74) is 0.366. The van der Waals surface area contributed by atoms with Crippen molar-refractivity contribution in [2.45, 2.75) is 0 Å². The van der Waals surface area contributed by atoms with Crippen LogP contribution in [0.1, 0.15) is 10.4 Å². The molecule has 0 saturated carbocycles. The molecule has 1 heterocycles. The van der Waals surface area contributed by atoms with E-state index in [4.69, 9.17) is 0 Å². The van der Waals surface area contributed by atoms with E-state index in [1.165, 1.54) is 23.1 Å². The zero-order chi connectivity index (χ0) is 19.6. The largest absolute Gasteiger partial charge is 1.00 e. The van der Waals surface area contributed by atoms with Crippen molar-refractivity contribution in [2.24, 2.45) is 0 Å². The first-order valence-electron chi connectivity index (χ1n) is 8.06. The third-order valence-corrected chi connectivity index (χ3v) is 4.70. The van der Waals surface area contributed by atoms with Crippen LogP contribution in [0.3, 0.4) is 0 Å². The van der Waals surface area contributed by atoms with Crippen molar-refractivity contribution < 1.29 is 56.1 Å². The molecule has 28 heavy (non-hydrogen) atoms. The van der Waals surface area contributed by atoms with Crippen molar-refractivity contribution in [3.05, 3.63) is 59.7 Å². The van der Waals surface area contributed by atoms with E-state index in [1.54, 1.807) is 12.1 Å². The molecule has 1 aliphatic heterocycles. The second-order valence-electron chi connectivity index (χ2n) is 5.98. The third-order valence-electron chi connectivity index (χ3n) is 4.22. The van der Waals surface area contributed by atoms with Gasteiger partial charge in [-0.1, -0.05) is 6.07 Å². The topological polar surface area (TPSA) is 92.8 Å². The quantitative estimate of drug-likeness (QED) is 0.497. The van der Waals surface area contributed by atoms with Crippen LogP contribution in [0.2, 0.25) is 0 Å². The summed E-state index contributed by atoms with van der Waals surface area (Å²) in [4.78, 5) is 15.7. The Balaban J connectivity index is 0.00000280. The van der Waals surface area contributed by atoms with Crippen molar-refractivity contribution in [3.63, 3.8) is 0 Å². The van der Waals surface area contributed by atoms with E-state index < -0.39 is 33.4 Å². The molecule has 3 rings (SSSR count).